The van der Waals surface area contributed by atoms with E-state index in [0.717, 1.165) is 12.5 Å². The molecule has 0 bridgehead atoms. The Morgan fingerprint density at radius 2 is 1.61 bits per heavy atom. The van der Waals surface area contributed by atoms with Crippen molar-refractivity contribution in [3.63, 3.8) is 0 Å². The quantitative estimate of drug-likeness (QED) is 0.337. The first-order chi connectivity index (χ1) is 14.1. The SMILES string of the molecule is CCC[Si]1(Cl)c2cc3c(c(C4C(C)=Cc5ccccc54)c21)[CH]([Ti+2])c1ccccc1-3.[Cl-].[Cl-]. The average molecular weight is 517 g/mol. The molecule has 0 radical (unpaired) electrons. The molecule has 0 fully saturated rings. The molecule has 5 heteroatoms. The Hall–Kier alpha value is -0.799. The van der Waals surface area contributed by atoms with E-state index in [-0.39, 0.29) is 24.8 Å². The van der Waals surface area contributed by atoms with Crippen molar-refractivity contribution >= 4 is 34.9 Å². The van der Waals surface area contributed by atoms with E-state index < -0.39 is 7.38 Å². The Bertz CT molecular complexity index is 1240. The smallest absolute Gasteiger partial charge is 1.00 e. The van der Waals surface area contributed by atoms with Crippen molar-refractivity contribution in [2.45, 2.75) is 36.5 Å². The fourth-order valence-electron chi connectivity index (χ4n) is 5.81. The molecule has 2 aliphatic carbocycles. The van der Waals surface area contributed by atoms with E-state index >= 15 is 0 Å². The molecule has 3 atom stereocenters. The summed E-state index contributed by atoms with van der Waals surface area (Å²) in [6.45, 7) is 4.58. The monoisotopic (exact) mass is 515 g/mol. The van der Waals surface area contributed by atoms with Crippen LogP contribution in [0.1, 0.15) is 58.2 Å². The molecule has 6 rings (SSSR count). The van der Waals surface area contributed by atoms with Crippen LogP contribution >= 0.6 is 11.1 Å². The Kier molecular flexibility index (Phi) is 6.18. The van der Waals surface area contributed by atoms with Crippen molar-refractivity contribution < 1.29 is 45.2 Å². The van der Waals surface area contributed by atoms with Crippen LogP contribution in [0.15, 0.2) is 60.2 Å². The third kappa shape index (κ3) is 3.12. The number of allylic oxidation sites excluding steroid dienone is 1. The number of benzene rings is 3. The van der Waals surface area contributed by atoms with Crippen LogP contribution in [0.2, 0.25) is 6.04 Å². The molecule has 1 aliphatic heterocycles. The molecule has 3 unspecified atom stereocenters. The number of rotatable bonds is 3. The maximum Gasteiger partial charge on any atom is -1.00 e. The van der Waals surface area contributed by atoms with Gasteiger partial charge in [0.05, 0.1) is 0 Å². The predicted molar refractivity (Wildman–Crippen MR) is 122 cm³/mol. The minimum Gasteiger partial charge on any atom is -1.00 e. The molecule has 0 saturated carbocycles. The van der Waals surface area contributed by atoms with Gasteiger partial charge in [-0.2, -0.15) is 0 Å². The molecule has 3 aliphatic rings. The summed E-state index contributed by atoms with van der Waals surface area (Å²) in [4.78, 5) is 0. The summed E-state index contributed by atoms with van der Waals surface area (Å²) in [5, 5.41) is 3.07. The second-order valence-corrected chi connectivity index (χ2v) is 14.7. The van der Waals surface area contributed by atoms with Crippen molar-refractivity contribution in [2.24, 2.45) is 0 Å². The molecule has 0 spiro atoms. The number of halogens is 3. The van der Waals surface area contributed by atoms with Crippen LogP contribution in [0, 0.1) is 0 Å². The van der Waals surface area contributed by atoms with Crippen molar-refractivity contribution in [3.8, 4) is 11.1 Å². The van der Waals surface area contributed by atoms with Gasteiger partial charge in [-0.3, -0.25) is 0 Å². The molecule has 0 amide bonds. The summed E-state index contributed by atoms with van der Waals surface area (Å²) in [6.07, 6.45) is 3.55. The number of hydrogen-bond acceptors (Lipinski definition) is 0. The zero-order valence-corrected chi connectivity index (χ0v) is 22.3. The second-order valence-electron chi connectivity index (χ2n) is 8.70. The van der Waals surface area contributed by atoms with Gasteiger partial charge in [0.25, 0.3) is 0 Å². The molecule has 1 heterocycles. The minimum atomic E-state index is -1.96. The van der Waals surface area contributed by atoms with Crippen molar-refractivity contribution in [1.82, 2.24) is 0 Å². The molecular formula is C26H22Cl3SiTi. The minimum absolute atomic E-state index is 0. The fourth-order valence-corrected chi connectivity index (χ4v) is 12.0. The van der Waals surface area contributed by atoms with Crippen LogP contribution in [0.5, 0.6) is 0 Å². The molecule has 0 nitrogen and oxygen atoms in total. The molecule has 0 saturated heterocycles. The summed E-state index contributed by atoms with van der Waals surface area (Å²) in [6, 6.07) is 21.5. The van der Waals surface area contributed by atoms with Crippen molar-refractivity contribution in [2.75, 3.05) is 0 Å². The maximum atomic E-state index is 7.42. The zero-order chi connectivity index (χ0) is 19.9. The van der Waals surface area contributed by atoms with Gasteiger partial charge < -0.3 is 24.8 Å². The maximum absolute atomic E-state index is 7.42. The third-order valence-corrected chi connectivity index (χ3v) is 13.2. The van der Waals surface area contributed by atoms with E-state index in [1.54, 1.807) is 16.3 Å². The Labute approximate surface area is 214 Å². The van der Waals surface area contributed by atoms with Gasteiger partial charge in [-0.25, -0.2) is 0 Å². The van der Waals surface area contributed by atoms with Gasteiger partial charge in [-0.1, -0.05) is 0 Å². The van der Waals surface area contributed by atoms with Gasteiger partial charge in [0.15, 0.2) is 0 Å². The molecule has 0 aromatic heterocycles. The molecular weight excluding hydrogens is 495 g/mol. The van der Waals surface area contributed by atoms with E-state index in [1.165, 1.54) is 38.6 Å². The van der Waals surface area contributed by atoms with Gasteiger partial charge >= 0.3 is 191 Å². The van der Waals surface area contributed by atoms with Crippen LogP contribution in [0.3, 0.4) is 0 Å². The van der Waals surface area contributed by atoms with E-state index in [9.17, 15) is 0 Å². The first-order valence-corrected chi connectivity index (χ1v) is 14.7. The van der Waals surface area contributed by atoms with Crippen molar-refractivity contribution in [1.29, 1.82) is 0 Å². The normalized spacial score (nSPS) is 23.6. The van der Waals surface area contributed by atoms with Crippen LogP contribution < -0.4 is 35.2 Å². The first kappa shape index (κ1) is 23.4. The summed E-state index contributed by atoms with van der Waals surface area (Å²) < 4.78 is 0.430. The third-order valence-electron chi connectivity index (χ3n) is 7.05. The predicted octanol–water partition coefficient (Wildman–Crippen LogP) is -0.118. The summed E-state index contributed by atoms with van der Waals surface area (Å²) in [5.74, 6) is 0.358. The summed E-state index contributed by atoms with van der Waals surface area (Å²) in [5.41, 5.74) is 11.7. The molecule has 31 heavy (non-hydrogen) atoms. The van der Waals surface area contributed by atoms with Gasteiger partial charge in [0, 0.05) is 0 Å². The standard InChI is InChI=1S/C26H22ClSi.2ClH.Ti/c1-3-12-28(27)23-15-21-19-10-6-4-9-18(19)14-22(21)25(26(23)28)24-16(2)13-17-8-5-7-11-20(17)24;;;/h4-11,13-15,24H,3,12H2,1-2H3;2*1H;/q;;;+2/p-2. The first-order valence-electron chi connectivity index (χ1n) is 10.5. The van der Waals surface area contributed by atoms with Crippen LogP contribution in [0.25, 0.3) is 17.2 Å². The summed E-state index contributed by atoms with van der Waals surface area (Å²) >= 11 is 9.81. The van der Waals surface area contributed by atoms with Gasteiger partial charge in [-0.15, -0.1) is 0 Å². The van der Waals surface area contributed by atoms with E-state index in [1.807, 2.05) is 0 Å². The Balaban J connectivity index is 0.00000116. The second kappa shape index (κ2) is 8.21. The Morgan fingerprint density at radius 3 is 2.35 bits per heavy atom. The van der Waals surface area contributed by atoms with Crippen LogP contribution in [-0.4, -0.2) is 7.38 Å². The number of hydrogen-bond donors (Lipinski definition) is 0. The number of fused-ring (bicyclic) bond motifs is 5. The van der Waals surface area contributed by atoms with Crippen LogP contribution in [-0.2, 0) is 20.4 Å². The zero-order valence-electron chi connectivity index (χ0n) is 17.5. The Morgan fingerprint density at radius 1 is 0.935 bits per heavy atom. The van der Waals surface area contributed by atoms with E-state index in [0.29, 0.717) is 10.1 Å². The molecule has 3 aromatic rings. The van der Waals surface area contributed by atoms with Gasteiger partial charge in [0.2, 0.25) is 0 Å². The largest absolute Gasteiger partial charge is 1.00 e. The fraction of sp³-hybridized carbons (Fsp3) is 0.231. The topological polar surface area (TPSA) is 0 Å². The van der Waals surface area contributed by atoms with Crippen molar-refractivity contribution in [3.05, 3.63) is 88.0 Å². The van der Waals surface area contributed by atoms with E-state index in [2.05, 4.69) is 95.0 Å². The summed E-state index contributed by atoms with van der Waals surface area (Å²) in [7, 11) is -1.96. The van der Waals surface area contributed by atoms with Crippen LogP contribution in [0.4, 0.5) is 0 Å². The molecule has 0 N–H and O–H groups in total. The van der Waals surface area contributed by atoms with E-state index in [4.69, 9.17) is 11.1 Å². The van der Waals surface area contributed by atoms with Gasteiger partial charge in [-0.05, 0) is 0 Å². The van der Waals surface area contributed by atoms with Gasteiger partial charge in [0.1, 0.15) is 0 Å². The molecule has 155 valence electrons. The average Bonchev–Trinajstić information content (AvgIpc) is 3.01. The molecule has 3 aromatic carbocycles.